The summed E-state index contributed by atoms with van der Waals surface area (Å²) in [4.78, 5) is 25.7. The van der Waals surface area contributed by atoms with Gasteiger partial charge >= 0.3 is 0 Å². The number of benzene rings is 3. The fraction of sp³-hybridized carbons (Fsp3) is 0.130. The van der Waals surface area contributed by atoms with E-state index < -0.39 is 0 Å². The standard InChI is InChI=1S/C23H20N2O4S/c1-15-5-2-3-8-19(15)23(27)25-16-6-4-7-18(11-16)30-13-22(26)24-17-9-10-20-21(12-17)29-14-28-20/h2-12H,13-14H2,1H3,(H,24,26)(H,25,27). The molecular weight excluding hydrogens is 400 g/mol. The summed E-state index contributed by atoms with van der Waals surface area (Å²) in [6, 6.07) is 20.2. The summed E-state index contributed by atoms with van der Waals surface area (Å²) < 4.78 is 10.6. The summed E-state index contributed by atoms with van der Waals surface area (Å²) in [5.41, 5.74) is 2.90. The van der Waals surface area contributed by atoms with Crippen molar-refractivity contribution in [2.45, 2.75) is 11.8 Å². The van der Waals surface area contributed by atoms with Crippen LogP contribution < -0.4 is 20.1 Å². The highest BCUT2D eigenvalue weighted by atomic mass is 32.2. The molecule has 0 spiro atoms. The summed E-state index contributed by atoms with van der Waals surface area (Å²) in [6.07, 6.45) is 0. The molecule has 0 saturated carbocycles. The molecule has 0 saturated heterocycles. The Morgan fingerprint density at radius 3 is 2.57 bits per heavy atom. The van der Waals surface area contributed by atoms with Crippen LogP contribution in [-0.2, 0) is 4.79 Å². The van der Waals surface area contributed by atoms with Gasteiger partial charge in [0.25, 0.3) is 5.91 Å². The van der Waals surface area contributed by atoms with Crippen LogP contribution in [0.5, 0.6) is 11.5 Å². The minimum absolute atomic E-state index is 0.131. The summed E-state index contributed by atoms with van der Waals surface area (Å²) >= 11 is 1.39. The number of rotatable bonds is 6. The molecule has 152 valence electrons. The zero-order chi connectivity index (χ0) is 20.9. The van der Waals surface area contributed by atoms with Crippen LogP contribution in [0.15, 0.2) is 71.6 Å². The van der Waals surface area contributed by atoms with Crippen LogP contribution >= 0.6 is 11.8 Å². The van der Waals surface area contributed by atoms with Crippen molar-refractivity contribution in [1.29, 1.82) is 0 Å². The van der Waals surface area contributed by atoms with Crippen molar-refractivity contribution in [3.8, 4) is 11.5 Å². The molecule has 1 aliphatic heterocycles. The van der Waals surface area contributed by atoms with E-state index in [-0.39, 0.29) is 24.4 Å². The van der Waals surface area contributed by atoms with Crippen molar-refractivity contribution in [1.82, 2.24) is 0 Å². The van der Waals surface area contributed by atoms with Gasteiger partial charge in [-0.15, -0.1) is 11.8 Å². The predicted molar refractivity (Wildman–Crippen MR) is 117 cm³/mol. The number of carbonyl (C=O) groups excluding carboxylic acids is 2. The Kier molecular flexibility index (Phi) is 5.90. The van der Waals surface area contributed by atoms with Gasteiger partial charge in [0.2, 0.25) is 12.7 Å². The molecule has 0 aliphatic carbocycles. The second-order valence-corrected chi connectivity index (χ2v) is 7.75. The Hall–Kier alpha value is -3.45. The van der Waals surface area contributed by atoms with Gasteiger partial charge < -0.3 is 20.1 Å². The van der Waals surface area contributed by atoms with Gasteiger partial charge in [-0.25, -0.2) is 0 Å². The van der Waals surface area contributed by atoms with E-state index >= 15 is 0 Å². The number of thioether (sulfide) groups is 1. The maximum atomic E-state index is 12.5. The van der Waals surface area contributed by atoms with Crippen molar-refractivity contribution in [2.24, 2.45) is 0 Å². The molecule has 1 aliphatic rings. The molecule has 0 aromatic heterocycles. The number of amides is 2. The lowest BCUT2D eigenvalue weighted by molar-refractivity contribution is -0.113. The van der Waals surface area contributed by atoms with E-state index in [4.69, 9.17) is 9.47 Å². The number of aryl methyl sites for hydroxylation is 1. The molecule has 0 radical (unpaired) electrons. The lowest BCUT2D eigenvalue weighted by Crippen LogP contribution is -2.14. The topological polar surface area (TPSA) is 76.7 Å². The number of hydrogen-bond acceptors (Lipinski definition) is 5. The van der Waals surface area contributed by atoms with E-state index in [1.54, 1.807) is 24.3 Å². The fourth-order valence-corrected chi connectivity index (χ4v) is 3.77. The number of fused-ring (bicyclic) bond motifs is 1. The van der Waals surface area contributed by atoms with Crippen LogP contribution in [0, 0.1) is 6.92 Å². The minimum atomic E-state index is -0.157. The molecule has 6 nitrogen and oxygen atoms in total. The SMILES string of the molecule is Cc1ccccc1C(=O)Nc1cccc(SCC(=O)Nc2ccc3c(c2)OCO3)c1. The number of nitrogens with one attached hydrogen (secondary N) is 2. The average molecular weight is 420 g/mol. The van der Waals surface area contributed by atoms with Gasteiger partial charge in [-0.2, -0.15) is 0 Å². The first-order chi connectivity index (χ1) is 14.6. The van der Waals surface area contributed by atoms with Crippen LogP contribution in [0.25, 0.3) is 0 Å². The second kappa shape index (κ2) is 8.92. The van der Waals surface area contributed by atoms with Crippen molar-refractivity contribution >= 4 is 35.0 Å². The van der Waals surface area contributed by atoms with Crippen molar-refractivity contribution in [3.05, 3.63) is 77.9 Å². The smallest absolute Gasteiger partial charge is 0.255 e. The first kappa shape index (κ1) is 19.8. The van der Waals surface area contributed by atoms with Gasteiger partial charge in [0.15, 0.2) is 11.5 Å². The Morgan fingerprint density at radius 1 is 0.900 bits per heavy atom. The van der Waals surface area contributed by atoms with Crippen molar-refractivity contribution in [3.63, 3.8) is 0 Å². The Balaban J connectivity index is 1.33. The lowest BCUT2D eigenvalue weighted by Gasteiger charge is -2.09. The van der Waals surface area contributed by atoms with Crippen molar-refractivity contribution < 1.29 is 19.1 Å². The first-order valence-corrected chi connectivity index (χ1v) is 10.4. The van der Waals surface area contributed by atoms with E-state index in [2.05, 4.69) is 10.6 Å². The number of carbonyl (C=O) groups is 2. The molecule has 3 aromatic rings. The summed E-state index contributed by atoms with van der Waals surface area (Å²) in [7, 11) is 0. The van der Waals surface area contributed by atoms with Crippen LogP contribution in [0.3, 0.4) is 0 Å². The normalized spacial score (nSPS) is 11.8. The Bertz CT molecular complexity index is 1100. The van der Waals surface area contributed by atoms with E-state index in [1.165, 1.54) is 11.8 Å². The van der Waals surface area contributed by atoms with Gasteiger partial charge in [-0.3, -0.25) is 9.59 Å². The van der Waals surface area contributed by atoms with E-state index in [0.29, 0.717) is 28.4 Å². The van der Waals surface area contributed by atoms with Crippen molar-refractivity contribution in [2.75, 3.05) is 23.2 Å². The molecule has 4 rings (SSSR count). The highest BCUT2D eigenvalue weighted by Gasteiger charge is 2.14. The average Bonchev–Trinajstić information content (AvgIpc) is 3.21. The molecule has 30 heavy (non-hydrogen) atoms. The second-order valence-electron chi connectivity index (χ2n) is 6.70. The highest BCUT2D eigenvalue weighted by Crippen LogP contribution is 2.34. The van der Waals surface area contributed by atoms with Crippen LogP contribution in [0.1, 0.15) is 15.9 Å². The van der Waals surface area contributed by atoms with Gasteiger partial charge in [-0.05, 0) is 48.9 Å². The molecule has 7 heteroatoms. The van der Waals surface area contributed by atoms with Gasteiger partial charge in [0.05, 0.1) is 5.75 Å². The Morgan fingerprint density at radius 2 is 1.70 bits per heavy atom. The summed E-state index contributed by atoms with van der Waals surface area (Å²) in [5, 5.41) is 5.76. The quantitative estimate of drug-likeness (QED) is 0.565. The number of ether oxygens (including phenoxy) is 2. The lowest BCUT2D eigenvalue weighted by atomic mass is 10.1. The van der Waals surface area contributed by atoms with Gasteiger partial charge in [0.1, 0.15) is 0 Å². The van der Waals surface area contributed by atoms with E-state index in [0.717, 1.165) is 10.5 Å². The van der Waals surface area contributed by atoms with Crippen LogP contribution in [0.4, 0.5) is 11.4 Å². The highest BCUT2D eigenvalue weighted by molar-refractivity contribution is 8.00. The molecule has 0 fully saturated rings. The molecular formula is C23H20N2O4S. The maximum absolute atomic E-state index is 12.5. The molecule has 2 N–H and O–H groups in total. The molecule has 0 atom stereocenters. The monoisotopic (exact) mass is 420 g/mol. The third-order valence-electron chi connectivity index (χ3n) is 4.51. The zero-order valence-corrected chi connectivity index (χ0v) is 17.1. The van der Waals surface area contributed by atoms with E-state index in [9.17, 15) is 9.59 Å². The maximum Gasteiger partial charge on any atom is 0.255 e. The summed E-state index contributed by atoms with van der Waals surface area (Å²) in [6.45, 7) is 2.10. The van der Waals surface area contributed by atoms with E-state index in [1.807, 2.05) is 49.4 Å². The molecule has 3 aromatic carbocycles. The number of hydrogen-bond donors (Lipinski definition) is 2. The molecule has 1 heterocycles. The first-order valence-electron chi connectivity index (χ1n) is 9.38. The van der Waals surface area contributed by atoms with Crippen LogP contribution in [-0.4, -0.2) is 24.4 Å². The zero-order valence-electron chi connectivity index (χ0n) is 16.3. The third-order valence-corrected chi connectivity index (χ3v) is 5.50. The molecule has 2 amide bonds. The Labute approximate surface area is 178 Å². The minimum Gasteiger partial charge on any atom is -0.454 e. The van der Waals surface area contributed by atoms with Gasteiger partial charge in [-0.1, -0.05) is 24.3 Å². The molecule has 0 bridgehead atoms. The number of anilines is 2. The largest absolute Gasteiger partial charge is 0.454 e. The van der Waals surface area contributed by atoms with Gasteiger partial charge in [0, 0.05) is 27.9 Å². The van der Waals surface area contributed by atoms with Crippen LogP contribution in [0.2, 0.25) is 0 Å². The fourth-order valence-electron chi connectivity index (χ4n) is 3.01. The third kappa shape index (κ3) is 4.75. The molecule has 0 unspecified atom stereocenters. The predicted octanol–water partition coefficient (Wildman–Crippen LogP) is 4.71. The summed E-state index contributed by atoms with van der Waals surface area (Å²) in [5.74, 6) is 1.25.